The fraction of sp³-hybridized carbons (Fsp3) is 0.421. The maximum Gasteiger partial charge on any atom is 0.333 e. The molecule has 0 radical (unpaired) electrons. The van der Waals surface area contributed by atoms with Crippen molar-refractivity contribution >= 4 is 35.1 Å². The molecule has 3 atom stereocenters. The Hall–Kier alpha value is -2.27. The molecule has 7 nitrogen and oxygen atoms in total. The van der Waals surface area contributed by atoms with Gasteiger partial charge in [0.2, 0.25) is 0 Å². The highest BCUT2D eigenvalue weighted by molar-refractivity contribution is 6.42. The molecule has 3 rings (SSSR count). The van der Waals surface area contributed by atoms with Crippen LogP contribution in [0.1, 0.15) is 25.7 Å². The number of nitrogens with zero attached hydrogens (tertiary/aromatic N) is 2. The third-order valence-corrected chi connectivity index (χ3v) is 6.16. The summed E-state index contributed by atoms with van der Waals surface area (Å²) in [6.07, 6.45) is 2.35. The number of fused-ring (bicyclic) bond motifs is 2. The van der Waals surface area contributed by atoms with Crippen molar-refractivity contribution in [1.82, 2.24) is 4.90 Å². The van der Waals surface area contributed by atoms with E-state index in [0.717, 1.165) is 6.08 Å². The van der Waals surface area contributed by atoms with Crippen LogP contribution in [0.25, 0.3) is 0 Å². The zero-order valence-electron chi connectivity index (χ0n) is 14.8. The van der Waals surface area contributed by atoms with Crippen molar-refractivity contribution in [3.05, 3.63) is 39.9 Å². The number of piperidine rings is 1. The quantitative estimate of drug-likeness (QED) is 0.531. The molecule has 2 saturated heterocycles. The number of carboxylic acids is 2. The smallest absolute Gasteiger partial charge is 0.333 e. The molecule has 1 aromatic rings. The highest BCUT2D eigenvalue weighted by Gasteiger charge is 2.56. The monoisotopic (exact) mass is 424 g/mol. The number of rotatable bonds is 6. The van der Waals surface area contributed by atoms with Gasteiger partial charge < -0.3 is 14.9 Å². The van der Waals surface area contributed by atoms with Crippen molar-refractivity contribution in [3.8, 4) is 11.8 Å². The van der Waals surface area contributed by atoms with Crippen LogP contribution in [0.3, 0.4) is 0 Å². The van der Waals surface area contributed by atoms with Crippen LogP contribution >= 0.6 is 23.2 Å². The molecule has 2 N–H and O–H groups in total. The van der Waals surface area contributed by atoms with Gasteiger partial charge in [-0.3, -0.25) is 4.90 Å². The molecular weight excluding hydrogens is 407 g/mol. The lowest BCUT2D eigenvalue weighted by Crippen LogP contribution is -2.57. The maximum absolute atomic E-state index is 11.9. The predicted molar refractivity (Wildman–Crippen MR) is 102 cm³/mol. The maximum atomic E-state index is 11.9. The van der Waals surface area contributed by atoms with Gasteiger partial charge in [0.05, 0.1) is 33.8 Å². The van der Waals surface area contributed by atoms with Crippen LogP contribution in [0.15, 0.2) is 29.8 Å². The van der Waals surface area contributed by atoms with Gasteiger partial charge in [0.25, 0.3) is 0 Å². The van der Waals surface area contributed by atoms with Crippen LogP contribution < -0.4 is 4.74 Å². The fourth-order valence-corrected chi connectivity index (χ4v) is 4.68. The van der Waals surface area contributed by atoms with Gasteiger partial charge in [-0.15, -0.1) is 0 Å². The molecule has 0 spiro atoms. The molecule has 148 valence electrons. The van der Waals surface area contributed by atoms with Gasteiger partial charge in [-0.05, 0) is 31.4 Å². The molecule has 0 amide bonds. The number of hydrogen-bond donors (Lipinski definition) is 2. The van der Waals surface area contributed by atoms with Crippen molar-refractivity contribution < 1.29 is 24.5 Å². The third kappa shape index (κ3) is 3.81. The Morgan fingerprint density at radius 3 is 2.71 bits per heavy atom. The number of carbonyl (C=O) groups is 2. The highest BCUT2D eigenvalue weighted by Crippen LogP contribution is 2.49. The van der Waals surface area contributed by atoms with Crippen LogP contribution in [0.5, 0.6) is 5.75 Å². The van der Waals surface area contributed by atoms with Crippen LogP contribution in [0.4, 0.5) is 0 Å². The van der Waals surface area contributed by atoms with Gasteiger partial charge in [0, 0.05) is 24.6 Å². The van der Waals surface area contributed by atoms with Crippen LogP contribution in [-0.2, 0) is 9.59 Å². The molecule has 28 heavy (non-hydrogen) atoms. The normalized spacial score (nSPS) is 27.2. The van der Waals surface area contributed by atoms with Gasteiger partial charge in [-0.1, -0.05) is 23.2 Å². The average molecular weight is 425 g/mol. The number of halogens is 2. The first-order valence-corrected chi connectivity index (χ1v) is 9.46. The minimum Gasteiger partial charge on any atom is -0.490 e. The first-order valence-electron chi connectivity index (χ1n) is 8.70. The predicted octanol–water partition coefficient (Wildman–Crippen LogP) is 3.36. The molecule has 0 aliphatic carbocycles. The fourth-order valence-electron chi connectivity index (χ4n) is 4.39. The topological polar surface area (TPSA) is 111 Å². The summed E-state index contributed by atoms with van der Waals surface area (Å²) in [5.74, 6) is -2.14. The zero-order chi connectivity index (χ0) is 20.5. The number of benzene rings is 1. The van der Waals surface area contributed by atoms with Crippen LogP contribution in [-0.4, -0.2) is 51.3 Å². The SMILES string of the molecule is N#CCN1C2CCC1(/C(=C\C(=O)O)C(=O)O)CC(Oc1ccc(Cl)c(Cl)c1)C2. The van der Waals surface area contributed by atoms with Crippen LogP contribution in [0, 0.1) is 11.3 Å². The third-order valence-electron chi connectivity index (χ3n) is 5.42. The van der Waals surface area contributed by atoms with E-state index in [1.54, 1.807) is 18.2 Å². The first kappa shape index (κ1) is 20.5. The van der Waals surface area contributed by atoms with E-state index in [1.807, 2.05) is 4.90 Å². The Labute approximate surface area is 171 Å². The second kappa shape index (κ2) is 8.00. The summed E-state index contributed by atoms with van der Waals surface area (Å²) < 4.78 is 6.04. The van der Waals surface area contributed by atoms with Crippen molar-refractivity contribution in [2.45, 2.75) is 43.4 Å². The van der Waals surface area contributed by atoms with Gasteiger partial charge in [-0.25, -0.2) is 9.59 Å². The highest BCUT2D eigenvalue weighted by atomic mass is 35.5. The Morgan fingerprint density at radius 2 is 2.11 bits per heavy atom. The number of aliphatic carboxylic acids is 2. The summed E-state index contributed by atoms with van der Waals surface area (Å²) in [5, 5.41) is 28.8. The van der Waals surface area contributed by atoms with Crippen molar-refractivity contribution in [2.75, 3.05) is 6.54 Å². The Bertz CT molecular complexity index is 882. The second-order valence-electron chi connectivity index (χ2n) is 6.97. The molecule has 2 bridgehead atoms. The lowest BCUT2D eigenvalue weighted by Gasteiger charge is -2.46. The number of hydrogen-bond acceptors (Lipinski definition) is 5. The molecule has 0 aromatic heterocycles. The zero-order valence-corrected chi connectivity index (χ0v) is 16.3. The van der Waals surface area contributed by atoms with E-state index >= 15 is 0 Å². The molecular formula is C19H18Cl2N2O5. The number of ether oxygens (including phenoxy) is 1. The minimum absolute atomic E-state index is 0.0222. The summed E-state index contributed by atoms with van der Waals surface area (Å²) in [6, 6.07) is 6.88. The first-order chi connectivity index (χ1) is 13.3. The van der Waals surface area contributed by atoms with Crippen molar-refractivity contribution in [2.24, 2.45) is 0 Å². The van der Waals surface area contributed by atoms with E-state index < -0.39 is 17.5 Å². The molecule has 2 aliphatic rings. The Morgan fingerprint density at radius 1 is 1.36 bits per heavy atom. The Balaban J connectivity index is 1.95. The Kier molecular flexibility index (Phi) is 5.84. The molecule has 1 aromatic carbocycles. The number of nitriles is 1. The summed E-state index contributed by atoms with van der Waals surface area (Å²) in [5.41, 5.74) is -1.29. The second-order valence-corrected chi connectivity index (χ2v) is 7.78. The van der Waals surface area contributed by atoms with E-state index in [4.69, 9.17) is 27.9 Å². The molecule has 0 saturated carbocycles. The van der Waals surface area contributed by atoms with Gasteiger partial charge in [-0.2, -0.15) is 5.26 Å². The van der Waals surface area contributed by atoms with Crippen molar-refractivity contribution in [1.29, 1.82) is 5.26 Å². The molecule has 2 heterocycles. The average Bonchev–Trinajstić information content (AvgIpc) is 2.83. The van der Waals surface area contributed by atoms with E-state index in [-0.39, 0.29) is 30.7 Å². The molecule has 2 fully saturated rings. The molecule has 2 aliphatic heterocycles. The van der Waals surface area contributed by atoms with Gasteiger partial charge in [0.15, 0.2) is 0 Å². The summed E-state index contributed by atoms with van der Waals surface area (Å²) in [4.78, 5) is 25.0. The van der Waals surface area contributed by atoms with E-state index in [0.29, 0.717) is 35.1 Å². The minimum atomic E-state index is -1.33. The van der Waals surface area contributed by atoms with E-state index in [1.165, 1.54) is 0 Å². The number of carboxylic acid groups (broad SMARTS) is 2. The largest absolute Gasteiger partial charge is 0.490 e. The molecule has 3 unspecified atom stereocenters. The standard InChI is InChI=1S/C19H18Cl2N2O5/c20-15-2-1-12(8-16(15)21)28-13-7-11-3-4-19(10-13,23(11)6-5-22)14(18(26)27)9-17(24)25/h1-2,8-9,11,13H,3-4,6-7,10H2,(H,24,25)(H,26,27)/b14-9-. The lowest BCUT2D eigenvalue weighted by atomic mass is 9.79. The molecule has 9 heteroatoms. The van der Waals surface area contributed by atoms with Gasteiger partial charge in [0.1, 0.15) is 11.9 Å². The summed E-state index contributed by atoms with van der Waals surface area (Å²) in [7, 11) is 0. The van der Waals surface area contributed by atoms with Crippen LogP contribution in [0.2, 0.25) is 10.0 Å². The van der Waals surface area contributed by atoms with Crippen molar-refractivity contribution in [3.63, 3.8) is 0 Å². The van der Waals surface area contributed by atoms with E-state index in [9.17, 15) is 25.1 Å². The summed E-state index contributed by atoms with van der Waals surface area (Å²) in [6.45, 7) is 0.0222. The summed E-state index contributed by atoms with van der Waals surface area (Å²) >= 11 is 12.0. The van der Waals surface area contributed by atoms with Gasteiger partial charge >= 0.3 is 11.9 Å². The van der Waals surface area contributed by atoms with E-state index in [2.05, 4.69) is 6.07 Å². The lowest BCUT2D eigenvalue weighted by molar-refractivity contribution is -0.137.